The van der Waals surface area contributed by atoms with Crippen LogP contribution in [0.3, 0.4) is 0 Å². The van der Waals surface area contributed by atoms with Crippen LogP contribution in [0.4, 0.5) is 0 Å². The molecular weight excluding hydrogens is 238 g/mol. The molecule has 0 radical (unpaired) electrons. The van der Waals surface area contributed by atoms with E-state index in [4.69, 9.17) is 0 Å². The molecule has 0 aromatic rings. The molecular formula is C16H29NO2. The van der Waals surface area contributed by atoms with Crippen molar-refractivity contribution in [3.8, 4) is 0 Å². The molecule has 0 N–H and O–H groups in total. The molecule has 1 rings (SSSR count). The van der Waals surface area contributed by atoms with Crippen molar-refractivity contribution < 1.29 is 9.59 Å². The maximum absolute atomic E-state index is 12.6. The number of ketones is 1. The van der Waals surface area contributed by atoms with Crippen LogP contribution >= 0.6 is 0 Å². The fraction of sp³-hybridized carbons (Fsp3) is 0.875. The van der Waals surface area contributed by atoms with Gasteiger partial charge in [0, 0.05) is 30.8 Å². The Kier molecular flexibility index (Phi) is 5.57. The lowest BCUT2D eigenvalue weighted by molar-refractivity contribution is -0.145. The minimum absolute atomic E-state index is 0.0700. The zero-order chi connectivity index (χ0) is 14.6. The van der Waals surface area contributed by atoms with E-state index in [-0.39, 0.29) is 17.2 Å². The zero-order valence-corrected chi connectivity index (χ0v) is 13.2. The van der Waals surface area contributed by atoms with Crippen molar-refractivity contribution in [2.75, 3.05) is 13.1 Å². The largest absolute Gasteiger partial charge is 0.342 e. The van der Waals surface area contributed by atoms with Crippen LogP contribution in [0.25, 0.3) is 0 Å². The molecule has 1 fully saturated rings. The smallest absolute Gasteiger partial charge is 0.228 e. The van der Waals surface area contributed by atoms with Gasteiger partial charge in [-0.3, -0.25) is 9.59 Å². The highest BCUT2D eigenvalue weighted by Crippen LogP contribution is 2.31. The van der Waals surface area contributed by atoms with Crippen molar-refractivity contribution in [3.05, 3.63) is 0 Å². The topological polar surface area (TPSA) is 37.4 Å². The molecule has 1 aliphatic heterocycles. The summed E-state index contributed by atoms with van der Waals surface area (Å²) in [5, 5.41) is 0. The Bertz CT molecular complexity index is 334. The van der Waals surface area contributed by atoms with Crippen LogP contribution in [0, 0.1) is 17.3 Å². The predicted molar refractivity (Wildman–Crippen MR) is 77.8 cm³/mol. The average molecular weight is 267 g/mol. The average Bonchev–Trinajstić information content (AvgIpc) is 2.38. The summed E-state index contributed by atoms with van der Waals surface area (Å²) >= 11 is 0. The van der Waals surface area contributed by atoms with Gasteiger partial charge in [0.2, 0.25) is 5.91 Å². The second kappa shape index (κ2) is 6.53. The molecule has 0 spiro atoms. The van der Waals surface area contributed by atoms with Crippen LogP contribution in [-0.4, -0.2) is 29.7 Å². The summed E-state index contributed by atoms with van der Waals surface area (Å²) in [4.78, 5) is 26.5. The number of hydrogen-bond donors (Lipinski definition) is 0. The number of carbonyl (C=O) groups excluding carboxylic acids is 2. The summed E-state index contributed by atoms with van der Waals surface area (Å²) in [7, 11) is 0. The number of carbonyl (C=O) groups is 2. The maximum atomic E-state index is 12.6. The number of nitrogens with zero attached hydrogens (tertiary/aromatic N) is 1. The number of hydrogen-bond acceptors (Lipinski definition) is 2. The van der Waals surface area contributed by atoms with E-state index in [1.54, 1.807) is 0 Å². The summed E-state index contributed by atoms with van der Waals surface area (Å²) in [6.45, 7) is 11.7. The lowest BCUT2D eigenvalue weighted by Crippen LogP contribution is -2.49. The van der Waals surface area contributed by atoms with Crippen molar-refractivity contribution in [2.24, 2.45) is 17.3 Å². The van der Waals surface area contributed by atoms with Crippen LogP contribution in [0.5, 0.6) is 0 Å². The molecule has 1 amide bonds. The van der Waals surface area contributed by atoms with Crippen molar-refractivity contribution in [1.29, 1.82) is 0 Å². The van der Waals surface area contributed by atoms with Crippen LogP contribution in [-0.2, 0) is 9.59 Å². The normalized spacial score (nSPS) is 20.7. The number of likely N-dealkylation sites (tertiary alicyclic amines) is 1. The van der Waals surface area contributed by atoms with Gasteiger partial charge in [0.05, 0.1) is 0 Å². The van der Waals surface area contributed by atoms with Crippen molar-refractivity contribution in [1.82, 2.24) is 4.90 Å². The molecule has 19 heavy (non-hydrogen) atoms. The Hall–Kier alpha value is -0.860. The van der Waals surface area contributed by atoms with Crippen LogP contribution in [0.1, 0.15) is 60.3 Å². The van der Waals surface area contributed by atoms with Crippen LogP contribution < -0.4 is 0 Å². The first-order valence-corrected chi connectivity index (χ1v) is 7.62. The van der Waals surface area contributed by atoms with Gasteiger partial charge in [-0.05, 0) is 25.2 Å². The number of rotatable bonds is 5. The Morgan fingerprint density at radius 3 is 2.47 bits per heavy atom. The Morgan fingerprint density at radius 1 is 1.32 bits per heavy atom. The third-order valence-electron chi connectivity index (χ3n) is 4.65. The molecule has 0 aliphatic carbocycles. The summed E-state index contributed by atoms with van der Waals surface area (Å²) in [5.41, 5.74) is -0.338. The van der Waals surface area contributed by atoms with Crippen molar-refractivity contribution in [2.45, 2.75) is 60.3 Å². The minimum atomic E-state index is -0.338. The predicted octanol–water partition coefficient (Wildman–Crippen LogP) is 3.28. The van der Waals surface area contributed by atoms with E-state index < -0.39 is 0 Å². The van der Waals surface area contributed by atoms with Crippen molar-refractivity contribution >= 4 is 11.7 Å². The number of amides is 1. The molecule has 0 aromatic heterocycles. The van der Waals surface area contributed by atoms with Crippen molar-refractivity contribution in [3.63, 3.8) is 0 Å². The molecule has 0 bridgehead atoms. The van der Waals surface area contributed by atoms with E-state index in [9.17, 15) is 9.59 Å². The van der Waals surface area contributed by atoms with Gasteiger partial charge in [-0.25, -0.2) is 0 Å². The molecule has 3 heteroatoms. The highest BCUT2D eigenvalue weighted by molar-refractivity contribution is 5.85. The van der Waals surface area contributed by atoms with E-state index >= 15 is 0 Å². The van der Waals surface area contributed by atoms with Gasteiger partial charge in [0.1, 0.15) is 5.78 Å². The third-order valence-corrected chi connectivity index (χ3v) is 4.65. The summed E-state index contributed by atoms with van der Waals surface area (Å²) in [6, 6.07) is 0. The fourth-order valence-corrected chi connectivity index (χ4v) is 2.53. The lowest BCUT2D eigenvalue weighted by Gasteiger charge is -2.39. The molecule has 110 valence electrons. The standard InChI is InChI=1S/C16H29NO2/c1-6-8-14(18)13-9-7-10-17(11-13)15(19)16(4,5)12(2)3/h12-13H,6-11H2,1-5H3. The van der Waals surface area contributed by atoms with E-state index in [2.05, 4.69) is 13.8 Å². The Labute approximate surface area is 117 Å². The van der Waals surface area contributed by atoms with Gasteiger partial charge in [-0.1, -0.05) is 34.6 Å². The lowest BCUT2D eigenvalue weighted by atomic mass is 9.79. The highest BCUT2D eigenvalue weighted by atomic mass is 16.2. The van der Waals surface area contributed by atoms with E-state index in [1.807, 2.05) is 25.7 Å². The summed E-state index contributed by atoms with van der Waals surface area (Å²) in [5.74, 6) is 0.922. The van der Waals surface area contributed by atoms with Crippen LogP contribution in [0.2, 0.25) is 0 Å². The number of piperidine rings is 1. The molecule has 1 unspecified atom stereocenters. The second-order valence-corrected chi connectivity index (χ2v) is 6.68. The number of Topliss-reactive ketones (excluding diaryl/α,β-unsaturated/α-hetero) is 1. The van der Waals surface area contributed by atoms with Gasteiger partial charge in [-0.2, -0.15) is 0 Å². The fourth-order valence-electron chi connectivity index (χ4n) is 2.53. The molecule has 1 aliphatic rings. The first-order chi connectivity index (χ1) is 8.80. The monoisotopic (exact) mass is 267 g/mol. The van der Waals surface area contributed by atoms with Gasteiger partial charge >= 0.3 is 0 Å². The maximum Gasteiger partial charge on any atom is 0.228 e. The van der Waals surface area contributed by atoms with Gasteiger partial charge in [-0.15, -0.1) is 0 Å². The molecule has 3 nitrogen and oxygen atoms in total. The zero-order valence-electron chi connectivity index (χ0n) is 13.2. The van der Waals surface area contributed by atoms with E-state index in [0.29, 0.717) is 24.7 Å². The second-order valence-electron chi connectivity index (χ2n) is 6.68. The SMILES string of the molecule is CCCC(=O)C1CCCN(C(=O)C(C)(C)C(C)C)C1. The minimum Gasteiger partial charge on any atom is -0.342 e. The molecule has 0 aromatic carbocycles. The quantitative estimate of drug-likeness (QED) is 0.766. The highest BCUT2D eigenvalue weighted by Gasteiger charge is 2.37. The van der Waals surface area contributed by atoms with E-state index in [0.717, 1.165) is 25.8 Å². The van der Waals surface area contributed by atoms with Gasteiger partial charge < -0.3 is 4.90 Å². The summed E-state index contributed by atoms with van der Waals surface area (Å²) < 4.78 is 0. The molecule has 1 atom stereocenters. The Balaban J connectivity index is 2.69. The first kappa shape index (κ1) is 16.2. The van der Waals surface area contributed by atoms with Gasteiger partial charge in [0.15, 0.2) is 0 Å². The molecule has 1 heterocycles. The Morgan fingerprint density at radius 2 is 1.95 bits per heavy atom. The van der Waals surface area contributed by atoms with Crippen LogP contribution in [0.15, 0.2) is 0 Å². The van der Waals surface area contributed by atoms with E-state index in [1.165, 1.54) is 0 Å². The summed E-state index contributed by atoms with van der Waals surface area (Å²) in [6.07, 6.45) is 3.46. The van der Waals surface area contributed by atoms with Gasteiger partial charge in [0.25, 0.3) is 0 Å². The molecule has 0 saturated carbocycles. The molecule has 1 saturated heterocycles. The third kappa shape index (κ3) is 3.80. The first-order valence-electron chi connectivity index (χ1n) is 7.62.